The van der Waals surface area contributed by atoms with E-state index in [0.29, 0.717) is 6.54 Å². The molecule has 0 bridgehead atoms. The third-order valence-corrected chi connectivity index (χ3v) is 12.3. The maximum atomic E-state index is 7.50. The molecule has 39 heavy (non-hydrogen) atoms. The van der Waals surface area contributed by atoms with Crippen molar-refractivity contribution in [2.45, 2.75) is 44.4 Å². The monoisotopic (exact) mass is 531 g/mol. The molecule has 4 aromatic carbocycles. The topological polar surface area (TPSA) is 21.3 Å². The van der Waals surface area contributed by atoms with Gasteiger partial charge >= 0.3 is 0 Å². The molecule has 2 atom stereocenters. The highest BCUT2D eigenvalue weighted by Gasteiger charge is 2.51. The predicted octanol–water partition coefficient (Wildman–Crippen LogP) is 7.03. The summed E-state index contributed by atoms with van der Waals surface area (Å²) in [6, 6.07) is 42.9. The quantitative estimate of drug-likeness (QED) is 0.156. The van der Waals surface area contributed by atoms with Crippen molar-refractivity contribution in [3.05, 3.63) is 151 Å². The molecule has 4 rings (SSSR count). The molecule has 1 N–H and O–H groups in total. The van der Waals surface area contributed by atoms with Crippen LogP contribution in [0.1, 0.15) is 31.9 Å². The Morgan fingerprint density at radius 3 is 1.72 bits per heavy atom. The van der Waals surface area contributed by atoms with Gasteiger partial charge in [0.2, 0.25) is 0 Å². The van der Waals surface area contributed by atoms with Gasteiger partial charge in [0, 0.05) is 12.6 Å². The maximum absolute atomic E-state index is 7.50. The van der Waals surface area contributed by atoms with E-state index < -0.39 is 8.32 Å². The third kappa shape index (κ3) is 7.33. The van der Waals surface area contributed by atoms with Gasteiger partial charge in [0.25, 0.3) is 8.32 Å². The Kier molecular flexibility index (Phi) is 9.88. The lowest BCUT2D eigenvalue weighted by atomic mass is 10.1. The molecule has 0 saturated heterocycles. The number of hydrogen-bond donors (Lipinski definition) is 1. The Morgan fingerprint density at radius 2 is 1.23 bits per heavy atom. The molecular formula is C36H41NOSi. The molecule has 0 amide bonds. The fourth-order valence-corrected chi connectivity index (χ4v) is 9.86. The van der Waals surface area contributed by atoms with Crippen molar-refractivity contribution in [1.29, 1.82) is 0 Å². The van der Waals surface area contributed by atoms with Crippen LogP contribution in [0.4, 0.5) is 0 Å². The van der Waals surface area contributed by atoms with Gasteiger partial charge in [-0.2, -0.15) is 0 Å². The van der Waals surface area contributed by atoms with Crippen LogP contribution in [0.25, 0.3) is 6.08 Å². The van der Waals surface area contributed by atoms with E-state index in [4.69, 9.17) is 4.43 Å². The average molecular weight is 532 g/mol. The summed E-state index contributed by atoms with van der Waals surface area (Å²) in [6.45, 7) is 11.8. The molecule has 0 radical (unpaired) electrons. The Hall–Kier alpha value is -3.50. The summed E-state index contributed by atoms with van der Waals surface area (Å²) in [5.41, 5.74) is 2.46. The zero-order chi connectivity index (χ0) is 27.6. The lowest BCUT2D eigenvalue weighted by Crippen LogP contribution is -2.68. The zero-order valence-corrected chi connectivity index (χ0v) is 24.5. The van der Waals surface area contributed by atoms with Crippen LogP contribution in [0.15, 0.2) is 140 Å². The molecule has 0 aromatic heterocycles. The summed E-state index contributed by atoms with van der Waals surface area (Å²) in [7, 11) is -2.72. The highest BCUT2D eigenvalue weighted by atomic mass is 28.4. The first-order valence-corrected chi connectivity index (χ1v) is 15.8. The van der Waals surface area contributed by atoms with E-state index in [0.717, 1.165) is 12.0 Å². The fourth-order valence-electron chi connectivity index (χ4n) is 5.22. The molecule has 0 saturated carbocycles. The molecular weight excluding hydrogens is 490 g/mol. The average Bonchev–Trinajstić information content (AvgIpc) is 2.97. The largest absolute Gasteiger partial charge is 0.400 e. The van der Waals surface area contributed by atoms with E-state index in [1.165, 1.54) is 15.9 Å². The van der Waals surface area contributed by atoms with Gasteiger partial charge in [0.05, 0.1) is 6.10 Å². The van der Waals surface area contributed by atoms with Crippen molar-refractivity contribution in [3.63, 3.8) is 0 Å². The van der Waals surface area contributed by atoms with Gasteiger partial charge in [-0.1, -0.05) is 160 Å². The summed E-state index contributed by atoms with van der Waals surface area (Å²) in [6.07, 6.45) is 7.16. The molecule has 0 unspecified atom stereocenters. The van der Waals surface area contributed by atoms with Crippen LogP contribution in [-0.4, -0.2) is 27.0 Å². The van der Waals surface area contributed by atoms with E-state index >= 15 is 0 Å². The lowest BCUT2D eigenvalue weighted by Gasteiger charge is -2.45. The van der Waals surface area contributed by atoms with Crippen molar-refractivity contribution < 1.29 is 4.43 Å². The van der Waals surface area contributed by atoms with Crippen LogP contribution in [0.3, 0.4) is 0 Å². The zero-order valence-electron chi connectivity index (χ0n) is 23.5. The van der Waals surface area contributed by atoms with Gasteiger partial charge in [-0.25, -0.2) is 0 Å². The molecule has 0 spiro atoms. The number of nitrogens with one attached hydrogen (secondary N) is 1. The standard InChI is InChI=1S/C36H41NOSi/c1-5-32(28-31-20-12-7-13-21-31)37-29-33(27-26-30-18-10-6-11-19-30)38-39(36(2,3)4,34-22-14-8-15-23-34)35-24-16-9-17-25-35/h5-27,32-33,37H,1,28-29H2,2-4H3/b27-26+/t32-,33+/m1/s1. The maximum Gasteiger partial charge on any atom is 0.261 e. The molecule has 0 aliphatic rings. The van der Waals surface area contributed by atoms with Crippen LogP contribution < -0.4 is 15.7 Å². The van der Waals surface area contributed by atoms with Crippen LogP contribution in [0.2, 0.25) is 5.04 Å². The van der Waals surface area contributed by atoms with Gasteiger partial charge in [-0.3, -0.25) is 0 Å². The Balaban J connectivity index is 1.71. The van der Waals surface area contributed by atoms with Crippen molar-refractivity contribution >= 4 is 24.8 Å². The Bertz CT molecular complexity index is 1260. The van der Waals surface area contributed by atoms with Crippen molar-refractivity contribution in [1.82, 2.24) is 5.32 Å². The van der Waals surface area contributed by atoms with Gasteiger partial charge in [0.15, 0.2) is 0 Å². The number of rotatable bonds is 12. The van der Waals surface area contributed by atoms with E-state index in [1.54, 1.807) is 0 Å². The van der Waals surface area contributed by atoms with Crippen molar-refractivity contribution in [2.75, 3.05) is 6.54 Å². The summed E-state index contributed by atoms with van der Waals surface area (Å²) >= 11 is 0. The van der Waals surface area contributed by atoms with Gasteiger partial charge in [-0.15, -0.1) is 6.58 Å². The first-order valence-electron chi connectivity index (χ1n) is 13.8. The highest BCUT2D eigenvalue weighted by molar-refractivity contribution is 6.99. The molecule has 200 valence electrons. The summed E-state index contributed by atoms with van der Waals surface area (Å²) in [5, 5.41) is 6.23. The molecule has 2 nitrogen and oxygen atoms in total. The third-order valence-electron chi connectivity index (χ3n) is 7.21. The minimum absolute atomic E-state index is 0.101. The van der Waals surface area contributed by atoms with Crippen LogP contribution in [-0.2, 0) is 10.8 Å². The van der Waals surface area contributed by atoms with Gasteiger partial charge in [0.1, 0.15) is 0 Å². The molecule has 0 fully saturated rings. The van der Waals surface area contributed by atoms with E-state index in [2.05, 4.69) is 160 Å². The second-order valence-electron chi connectivity index (χ2n) is 11.0. The van der Waals surface area contributed by atoms with E-state index in [9.17, 15) is 0 Å². The number of benzene rings is 4. The molecule has 4 aromatic rings. The second-order valence-corrected chi connectivity index (χ2v) is 15.3. The Labute approximate surface area is 236 Å². The first kappa shape index (κ1) is 28.5. The van der Waals surface area contributed by atoms with Crippen LogP contribution >= 0.6 is 0 Å². The lowest BCUT2D eigenvalue weighted by molar-refractivity contribution is 0.226. The van der Waals surface area contributed by atoms with E-state index in [-0.39, 0.29) is 17.2 Å². The number of hydrogen-bond acceptors (Lipinski definition) is 2. The minimum atomic E-state index is -2.72. The molecule has 0 heterocycles. The summed E-state index contributed by atoms with van der Waals surface area (Å²) < 4.78 is 7.50. The van der Waals surface area contributed by atoms with Crippen molar-refractivity contribution in [2.24, 2.45) is 0 Å². The summed E-state index contributed by atoms with van der Waals surface area (Å²) in [5.74, 6) is 0. The normalized spacial score (nSPS) is 13.7. The highest BCUT2D eigenvalue weighted by Crippen LogP contribution is 2.37. The molecule has 0 aliphatic carbocycles. The minimum Gasteiger partial charge on any atom is -0.400 e. The molecule has 0 aliphatic heterocycles. The smallest absolute Gasteiger partial charge is 0.261 e. The first-order chi connectivity index (χ1) is 18.9. The fraction of sp³-hybridized carbons (Fsp3) is 0.222. The SMILES string of the molecule is C=C[C@H](Cc1ccccc1)NC[C@H](/C=C/c1ccccc1)O[Si](c1ccccc1)(c1ccccc1)C(C)(C)C. The van der Waals surface area contributed by atoms with Gasteiger partial charge < -0.3 is 9.74 Å². The Morgan fingerprint density at radius 1 is 0.744 bits per heavy atom. The molecule has 3 heteroatoms. The summed E-state index contributed by atoms with van der Waals surface area (Å²) in [4.78, 5) is 0. The predicted molar refractivity (Wildman–Crippen MR) is 170 cm³/mol. The van der Waals surface area contributed by atoms with Crippen LogP contribution in [0, 0.1) is 0 Å². The van der Waals surface area contributed by atoms with Crippen molar-refractivity contribution in [3.8, 4) is 0 Å². The van der Waals surface area contributed by atoms with Gasteiger partial charge in [-0.05, 0) is 33.0 Å². The van der Waals surface area contributed by atoms with Crippen LogP contribution in [0.5, 0.6) is 0 Å². The van der Waals surface area contributed by atoms with E-state index in [1.807, 2.05) is 12.1 Å². The second kappa shape index (κ2) is 13.5.